The summed E-state index contributed by atoms with van der Waals surface area (Å²) in [6, 6.07) is 4.92. The third kappa shape index (κ3) is 2.71. The summed E-state index contributed by atoms with van der Waals surface area (Å²) in [6.45, 7) is 0. The maximum absolute atomic E-state index is 13.1. The molecule has 7 heteroatoms. The number of halogens is 1. The number of carbonyl (C=O) groups excluding carboxylic acids is 2. The molecule has 0 radical (unpaired) electrons. The molecule has 0 atom stereocenters. The predicted octanol–water partition coefficient (Wildman–Crippen LogP) is 1.21. The summed E-state index contributed by atoms with van der Waals surface area (Å²) in [4.78, 5) is 22.1. The fourth-order valence-corrected chi connectivity index (χ4v) is 1.67. The van der Waals surface area contributed by atoms with Gasteiger partial charge in [-0.15, -0.1) is 0 Å². The van der Waals surface area contributed by atoms with Gasteiger partial charge in [-0.1, -0.05) is 6.07 Å². The molecular weight excluding hydrogens is 251 g/mol. The Morgan fingerprint density at radius 3 is 2.53 bits per heavy atom. The number of rotatable bonds is 3. The minimum absolute atomic E-state index is 0.0862. The number of hydrogen-bond acceptors (Lipinski definition) is 2. The Kier molecular flexibility index (Phi) is 3.19. The van der Waals surface area contributed by atoms with Crippen molar-refractivity contribution < 1.29 is 14.0 Å². The van der Waals surface area contributed by atoms with E-state index >= 15 is 0 Å². The molecule has 0 aliphatic rings. The van der Waals surface area contributed by atoms with Crippen molar-refractivity contribution in [3.05, 3.63) is 48.0 Å². The van der Waals surface area contributed by atoms with Gasteiger partial charge in [0.05, 0.1) is 11.3 Å². The number of nitrogens with two attached hydrogens (primary N) is 2. The van der Waals surface area contributed by atoms with Gasteiger partial charge in [0.15, 0.2) is 0 Å². The first-order valence-corrected chi connectivity index (χ1v) is 5.31. The van der Waals surface area contributed by atoms with Gasteiger partial charge >= 0.3 is 6.03 Å². The second-order valence-electron chi connectivity index (χ2n) is 3.83. The number of amides is 3. The molecule has 0 saturated heterocycles. The number of benzene rings is 1. The molecule has 0 aliphatic carbocycles. The van der Waals surface area contributed by atoms with Gasteiger partial charge in [-0.25, -0.2) is 9.18 Å². The lowest BCUT2D eigenvalue weighted by Gasteiger charge is -2.02. The Hall–Kier alpha value is -2.83. The normalized spacial score (nSPS) is 10.2. The highest BCUT2D eigenvalue weighted by molar-refractivity contribution is 6.02. The van der Waals surface area contributed by atoms with Crippen LogP contribution in [0.15, 0.2) is 36.7 Å². The number of nitrogens with one attached hydrogen (secondary N) is 1. The van der Waals surface area contributed by atoms with Crippen LogP contribution in [0.5, 0.6) is 0 Å². The van der Waals surface area contributed by atoms with E-state index in [4.69, 9.17) is 11.5 Å². The molecule has 5 N–H and O–H groups in total. The highest BCUT2D eigenvalue weighted by Gasteiger charge is 2.14. The molecule has 0 spiro atoms. The summed E-state index contributed by atoms with van der Waals surface area (Å²) in [6.07, 6.45) is 2.82. The van der Waals surface area contributed by atoms with E-state index in [0.717, 1.165) is 0 Å². The molecule has 19 heavy (non-hydrogen) atoms. The summed E-state index contributed by atoms with van der Waals surface area (Å²) in [5, 5.41) is 2.28. The minimum atomic E-state index is -0.820. The lowest BCUT2D eigenvalue weighted by molar-refractivity contribution is 0.100. The van der Waals surface area contributed by atoms with Crippen LogP contribution in [0.4, 0.5) is 14.9 Å². The number of anilines is 1. The van der Waals surface area contributed by atoms with Crippen LogP contribution in [-0.2, 0) is 0 Å². The number of aromatic nitrogens is 1. The number of hydrogen-bond donors (Lipinski definition) is 3. The molecule has 3 amide bonds. The van der Waals surface area contributed by atoms with Gasteiger partial charge < -0.3 is 21.4 Å². The van der Waals surface area contributed by atoms with Crippen LogP contribution < -0.4 is 16.8 Å². The van der Waals surface area contributed by atoms with Crippen molar-refractivity contribution in [3.8, 4) is 5.69 Å². The monoisotopic (exact) mass is 262 g/mol. The largest absolute Gasteiger partial charge is 0.365 e. The molecule has 6 nitrogen and oxygen atoms in total. The lowest BCUT2D eigenvalue weighted by atomic mass is 10.3. The van der Waals surface area contributed by atoms with Crippen LogP contribution in [0.1, 0.15) is 10.4 Å². The standard InChI is InChI=1S/C12H11FN4O2/c13-7-2-1-3-8(4-7)17-5-9(11(14)18)10(6-17)16-12(15)19/h1-6H,(H2,14,18)(H3,15,16,19). The molecule has 2 rings (SSSR count). The van der Waals surface area contributed by atoms with E-state index < -0.39 is 17.8 Å². The summed E-state index contributed by atoms with van der Waals surface area (Å²) < 4.78 is 14.6. The van der Waals surface area contributed by atoms with Crippen LogP contribution in [0.25, 0.3) is 5.69 Å². The fraction of sp³-hybridized carbons (Fsp3) is 0. The van der Waals surface area contributed by atoms with E-state index in [1.807, 2.05) is 0 Å². The molecule has 0 fully saturated rings. The van der Waals surface area contributed by atoms with E-state index in [1.165, 1.54) is 35.2 Å². The Bertz CT molecular complexity index is 651. The second kappa shape index (κ2) is 4.81. The van der Waals surface area contributed by atoms with Gasteiger partial charge in [0.2, 0.25) is 0 Å². The van der Waals surface area contributed by atoms with E-state index in [2.05, 4.69) is 5.32 Å². The first-order chi connectivity index (χ1) is 8.97. The molecule has 0 unspecified atom stereocenters. The van der Waals surface area contributed by atoms with E-state index in [1.54, 1.807) is 6.07 Å². The van der Waals surface area contributed by atoms with Gasteiger partial charge in [-0.05, 0) is 18.2 Å². The molecule has 0 bridgehead atoms. The first kappa shape index (κ1) is 12.6. The molecule has 98 valence electrons. The van der Waals surface area contributed by atoms with Crippen LogP contribution in [0.2, 0.25) is 0 Å². The number of primary amides is 2. The number of urea groups is 1. The zero-order chi connectivity index (χ0) is 14.0. The predicted molar refractivity (Wildman–Crippen MR) is 67.5 cm³/mol. The van der Waals surface area contributed by atoms with Crippen molar-refractivity contribution in [3.63, 3.8) is 0 Å². The van der Waals surface area contributed by atoms with Crippen LogP contribution in [0, 0.1) is 5.82 Å². The molecule has 1 aromatic heterocycles. The minimum Gasteiger partial charge on any atom is -0.365 e. The van der Waals surface area contributed by atoms with Crippen molar-refractivity contribution >= 4 is 17.6 Å². The molecular formula is C12H11FN4O2. The summed E-state index contributed by atoms with van der Waals surface area (Å²) in [7, 11) is 0. The van der Waals surface area contributed by atoms with Crippen molar-refractivity contribution in [1.29, 1.82) is 0 Å². The average Bonchev–Trinajstić information content (AvgIpc) is 2.72. The van der Waals surface area contributed by atoms with Gasteiger partial charge in [0.1, 0.15) is 5.82 Å². The van der Waals surface area contributed by atoms with Crippen LogP contribution >= 0.6 is 0 Å². The quantitative estimate of drug-likeness (QED) is 0.773. The van der Waals surface area contributed by atoms with Crippen molar-refractivity contribution in [2.45, 2.75) is 0 Å². The fourth-order valence-electron chi connectivity index (χ4n) is 1.67. The summed E-state index contributed by atoms with van der Waals surface area (Å²) in [5.41, 5.74) is 10.9. The molecule has 0 saturated carbocycles. The average molecular weight is 262 g/mol. The highest BCUT2D eigenvalue weighted by atomic mass is 19.1. The van der Waals surface area contributed by atoms with Crippen LogP contribution in [-0.4, -0.2) is 16.5 Å². The Morgan fingerprint density at radius 1 is 1.21 bits per heavy atom. The number of carbonyl (C=O) groups is 2. The lowest BCUT2D eigenvalue weighted by Crippen LogP contribution is -2.21. The number of nitrogens with zero attached hydrogens (tertiary/aromatic N) is 1. The SMILES string of the molecule is NC(=O)Nc1cn(-c2cccc(F)c2)cc1C(N)=O. The maximum Gasteiger partial charge on any atom is 0.316 e. The third-order valence-corrected chi connectivity index (χ3v) is 2.46. The van der Waals surface area contributed by atoms with Gasteiger partial charge in [0, 0.05) is 18.1 Å². The molecule has 2 aromatic rings. The van der Waals surface area contributed by atoms with Crippen LogP contribution in [0.3, 0.4) is 0 Å². The summed E-state index contributed by atoms with van der Waals surface area (Å²) in [5.74, 6) is -1.14. The third-order valence-electron chi connectivity index (χ3n) is 2.46. The van der Waals surface area contributed by atoms with Gasteiger partial charge in [-0.3, -0.25) is 4.79 Å². The van der Waals surface area contributed by atoms with Crippen molar-refractivity contribution in [2.24, 2.45) is 11.5 Å². The Labute approximate surface area is 107 Å². The van der Waals surface area contributed by atoms with Gasteiger partial charge in [0.25, 0.3) is 5.91 Å². The Morgan fingerprint density at radius 2 is 1.95 bits per heavy atom. The molecule has 1 heterocycles. The molecule has 0 aliphatic heterocycles. The maximum atomic E-state index is 13.1. The zero-order valence-electron chi connectivity index (χ0n) is 9.76. The Balaban J connectivity index is 2.48. The zero-order valence-corrected chi connectivity index (χ0v) is 9.76. The topological polar surface area (TPSA) is 103 Å². The van der Waals surface area contributed by atoms with Gasteiger partial charge in [-0.2, -0.15) is 0 Å². The second-order valence-corrected chi connectivity index (χ2v) is 3.83. The van der Waals surface area contributed by atoms with E-state index in [0.29, 0.717) is 5.69 Å². The van der Waals surface area contributed by atoms with E-state index in [9.17, 15) is 14.0 Å². The summed E-state index contributed by atoms with van der Waals surface area (Å²) >= 11 is 0. The molecule has 1 aromatic carbocycles. The van der Waals surface area contributed by atoms with E-state index in [-0.39, 0.29) is 11.3 Å². The van der Waals surface area contributed by atoms with Crippen molar-refractivity contribution in [1.82, 2.24) is 4.57 Å². The highest BCUT2D eigenvalue weighted by Crippen LogP contribution is 2.20. The van der Waals surface area contributed by atoms with Crippen molar-refractivity contribution in [2.75, 3.05) is 5.32 Å². The smallest absolute Gasteiger partial charge is 0.316 e. The first-order valence-electron chi connectivity index (χ1n) is 5.31.